The topological polar surface area (TPSA) is 3.24 Å². The van der Waals surface area contributed by atoms with E-state index in [0.29, 0.717) is 0 Å². The average Bonchev–Trinajstić information content (AvgIpc) is 2.53. The molecule has 0 atom stereocenters. The molecule has 0 bridgehead atoms. The monoisotopic (exact) mass is 181 g/mol. The summed E-state index contributed by atoms with van der Waals surface area (Å²) in [6.45, 7) is 4.00. The van der Waals surface area contributed by atoms with Crippen LogP contribution in [-0.2, 0) is 5.75 Å². The van der Waals surface area contributed by atoms with Gasteiger partial charge in [0, 0.05) is 12.8 Å². The molecule has 0 aliphatic carbocycles. The van der Waals surface area contributed by atoms with E-state index in [2.05, 4.69) is 35.6 Å². The minimum Gasteiger partial charge on any atom is -0.319 e. The minimum atomic E-state index is 1.13. The molecule has 1 aromatic rings. The Hall–Kier alpha value is -0.630. The lowest BCUT2D eigenvalue weighted by Crippen LogP contribution is -1.99. The van der Waals surface area contributed by atoms with Crippen molar-refractivity contribution in [3.63, 3.8) is 0 Å². The first-order valence-corrected chi connectivity index (χ1v) is 5.27. The van der Waals surface area contributed by atoms with Gasteiger partial charge in [-0.1, -0.05) is 32.0 Å². The van der Waals surface area contributed by atoms with Gasteiger partial charge >= 0.3 is 0 Å². The van der Waals surface area contributed by atoms with Crippen LogP contribution in [0.25, 0.3) is 0 Å². The molecule has 66 valence electrons. The highest BCUT2D eigenvalue weighted by molar-refractivity contribution is 8.00. The van der Waals surface area contributed by atoms with Crippen LogP contribution in [0.1, 0.15) is 19.4 Å². The van der Waals surface area contributed by atoms with Gasteiger partial charge in [-0.3, -0.25) is 0 Å². The Labute approximate surface area is 78.9 Å². The number of para-hydroxylation sites is 1. The van der Waals surface area contributed by atoms with Crippen LogP contribution >= 0.6 is 11.9 Å². The Kier molecular flexibility index (Phi) is 3.48. The van der Waals surface area contributed by atoms with Crippen LogP contribution in [0, 0.1) is 0 Å². The second-order valence-corrected chi connectivity index (χ2v) is 3.49. The van der Waals surface area contributed by atoms with E-state index in [4.69, 9.17) is 0 Å². The molecule has 0 radical (unpaired) electrons. The Morgan fingerprint density at radius 2 is 1.92 bits per heavy atom. The Bertz CT molecular complexity index is 247. The van der Waals surface area contributed by atoms with Crippen molar-refractivity contribution < 1.29 is 0 Å². The number of rotatable bonds is 0. The molecule has 0 saturated carbocycles. The van der Waals surface area contributed by atoms with Crippen LogP contribution < -0.4 is 4.31 Å². The van der Waals surface area contributed by atoms with E-state index in [0.717, 1.165) is 5.75 Å². The Morgan fingerprint density at radius 1 is 1.25 bits per heavy atom. The number of nitrogens with zero attached hydrogens (tertiary/aromatic N) is 1. The molecular weight excluding hydrogens is 166 g/mol. The van der Waals surface area contributed by atoms with Gasteiger partial charge in [0.25, 0.3) is 0 Å². The summed E-state index contributed by atoms with van der Waals surface area (Å²) in [4.78, 5) is 0. The van der Waals surface area contributed by atoms with Gasteiger partial charge in [0.15, 0.2) is 0 Å². The van der Waals surface area contributed by atoms with Crippen LogP contribution in [-0.4, -0.2) is 7.05 Å². The fourth-order valence-electron chi connectivity index (χ4n) is 1.18. The molecule has 0 aromatic heterocycles. The third-order valence-electron chi connectivity index (χ3n) is 1.74. The van der Waals surface area contributed by atoms with Crippen molar-refractivity contribution in [2.45, 2.75) is 19.6 Å². The van der Waals surface area contributed by atoms with E-state index in [-0.39, 0.29) is 0 Å². The molecule has 12 heavy (non-hydrogen) atoms. The van der Waals surface area contributed by atoms with E-state index in [1.54, 1.807) is 0 Å². The molecule has 0 N–H and O–H groups in total. The van der Waals surface area contributed by atoms with Crippen molar-refractivity contribution in [1.82, 2.24) is 0 Å². The molecule has 0 saturated heterocycles. The van der Waals surface area contributed by atoms with Crippen LogP contribution in [0.5, 0.6) is 0 Å². The fraction of sp³-hybridized carbons (Fsp3) is 0.400. The summed E-state index contributed by atoms with van der Waals surface area (Å²) >= 11 is 1.86. The lowest BCUT2D eigenvalue weighted by Gasteiger charge is -2.08. The van der Waals surface area contributed by atoms with Gasteiger partial charge in [-0.2, -0.15) is 0 Å². The average molecular weight is 181 g/mol. The van der Waals surface area contributed by atoms with Crippen LogP contribution in [0.2, 0.25) is 0 Å². The van der Waals surface area contributed by atoms with Crippen LogP contribution in [0.15, 0.2) is 24.3 Å². The SMILES string of the molecule is CC.CN1SCc2ccccc21. The molecule has 2 rings (SSSR count). The summed E-state index contributed by atoms with van der Waals surface area (Å²) in [5.41, 5.74) is 2.82. The van der Waals surface area contributed by atoms with E-state index in [1.807, 2.05) is 25.8 Å². The highest BCUT2D eigenvalue weighted by Gasteiger charge is 2.14. The normalized spacial score (nSPS) is 13.4. The van der Waals surface area contributed by atoms with Crippen molar-refractivity contribution in [3.05, 3.63) is 29.8 Å². The summed E-state index contributed by atoms with van der Waals surface area (Å²) in [6.07, 6.45) is 0. The Morgan fingerprint density at radius 3 is 2.58 bits per heavy atom. The van der Waals surface area contributed by atoms with E-state index in [9.17, 15) is 0 Å². The fourth-order valence-corrected chi connectivity index (χ4v) is 2.07. The summed E-state index contributed by atoms with van der Waals surface area (Å²) in [5.74, 6) is 1.13. The third-order valence-corrected chi connectivity index (χ3v) is 2.77. The summed E-state index contributed by atoms with van der Waals surface area (Å²) in [7, 11) is 2.11. The predicted octanol–water partition coefficient (Wildman–Crippen LogP) is 3.31. The van der Waals surface area contributed by atoms with Gasteiger partial charge in [-0.15, -0.1) is 0 Å². The summed E-state index contributed by atoms with van der Waals surface area (Å²) < 4.78 is 2.22. The van der Waals surface area contributed by atoms with E-state index in [1.165, 1.54) is 11.3 Å². The first-order chi connectivity index (χ1) is 5.88. The smallest absolute Gasteiger partial charge is 0.0507 e. The molecule has 1 aliphatic rings. The first kappa shape index (κ1) is 9.46. The molecule has 2 heteroatoms. The second-order valence-electron chi connectivity index (χ2n) is 2.40. The number of benzene rings is 1. The zero-order valence-electron chi connectivity index (χ0n) is 7.87. The van der Waals surface area contributed by atoms with Crippen molar-refractivity contribution in [1.29, 1.82) is 0 Å². The van der Waals surface area contributed by atoms with Crippen molar-refractivity contribution in [3.8, 4) is 0 Å². The molecular formula is C10H15NS. The number of hydrogen-bond donors (Lipinski definition) is 0. The third kappa shape index (κ3) is 1.75. The molecule has 1 nitrogen and oxygen atoms in total. The highest BCUT2D eigenvalue weighted by atomic mass is 32.2. The maximum absolute atomic E-state index is 2.22. The molecule has 1 aliphatic heterocycles. The van der Waals surface area contributed by atoms with Gasteiger partial charge in [-0.25, -0.2) is 0 Å². The van der Waals surface area contributed by atoms with E-state index >= 15 is 0 Å². The number of fused-ring (bicyclic) bond motifs is 1. The molecule has 0 unspecified atom stereocenters. The van der Waals surface area contributed by atoms with Crippen molar-refractivity contribution in [2.75, 3.05) is 11.4 Å². The van der Waals surface area contributed by atoms with Gasteiger partial charge < -0.3 is 4.31 Å². The number of anilines is 1. The van der Waals surface area contributed by atoms with Gasteiger partial charge in [0.2, 0.25) is 0 Å². The van der Waals surface area contributed by atoms with Gasteiger partial charge in [0.1, 0.15) is 0 Å². The van der Waals surface area contributed by atoms with Crippen LogP contribution in [0.4, 0.5) is 5.69 Å². The summed E-state index contributed by atoms with van der Waals surface area (Å²) in [5, 5.41) is 0. The van der Waals surface area contributed by atoms with Crippen molar-refractivity contribution in [2.24, 2.45) is 0 Å². The molecule has 0 fully saturated rings. The van der Waals surface area contributed by atoms with Crippen LogP contribution in [0.3, 0.4) is 0 Å². The molecule has 1 aromatic carbocycles. The zero-order valence-corrected chi connectivity index (χ0v) is 8.69. The number of hydrogen-bond acceptors (Lipinski definition) is 2. The van der Waals surface area contributed by atoms with Crippen molar-refractivity contribution >= 4 is 17.6 Å². The lowest BCUT2D eigenvalue weighted by atomic mass is 10.2. The van der Waals surface area contributed by atoms with Gasteiger partial charge in [0.05, 0.1) is 5.69 Å². The molecule has 0 spiro atoms. The molecule has 0 amide bonds. The highest BCUT2D eigenvalue weighted by Crippen LogP contribution is 2.35. The maximum Gasteiger partial charge on any atom is 0.0507 e. The molecule has 1 heterocycles. The Balaban J connectivity index is 0.000000336. The summed E-state index contributed by atoms with van der Waals surface area (Å²) in [6, 6.07) is 8.53. The van der Waals surface area contributed by atoms with Gasteiger partial charge in [-0.05, 0) is 23.6 Å². The second kappa shape index (κ2) is 4.41. The largest absolute Gasteiger partial charge is 0.319 e. The van der Waals surface area contributed by atoms with E-state index < -0.39 is 0 Å². The maximum atomic E-state index is 2.22. The lowest BCUT2D eigenvalue weighted by molar-refractivity contribution is 1.36. The minimum absolute atomic E-state index is 1.13. The standard InChI is InChI=1S/C8H9NS.C2H6/c1-9-8-5-3-2-4-7(8)6-10-9;1-2/h2-5H,6H2,1H3;1-2H3. The zero-order chi connectivity index (χ0) is 8.97. The predicted molar refractivity (Wildman–Crippen MR) is 57.5 cm³/mol. The first-order valence-electron chi connectivity index (χ1n) is 4.32. The quantitative estimate of drug-likeness (QED) is 0.565.